The number of amides is 1. The van der Waals surface area contributed by atoms with Crippen LogP contribution in [0.4, 0.5) is 5.95 Å². The number of sulfonamides is 1. The highest BCUT2D eigenvalue weighted by Crippen LogP contribution is 2.29. The smallest absolute Gasteiger partial charge is 0.252 e. The second kappa shape index (κ2) is 8.20. The largest absolute Gasteiger partial charge is 0.348 e. The van der Waals surface area contributed by atoms with Gasteiger partial charge in [-0.05, 0) is 26.2 Å². The summed E-state index contributed by atoms with van der Waals surface area (Å²) in [4.78, 5) is 35.6. The Balaban J connectivity index is 1.62. The van der Waals surface area contributed by atoms with Crippen molar-refractivity contribution < 1.29 is 13.2 Å². The standard InChI is InChI=1S/C18H29N5O4S/c1-4-28(26,27)23-9-6-13(7-10-23)17(25)22-8-5-14(12-22)15-11-16(24)20-18(19-15)21(2)3/h11,13-14H,4-10,12H2,1-3H3,(H,19,20,24)/t14-/m0/s1. The van der Waals surface area contributed by atoms with Crippen molar-refractivity contribution in [1.29, 1.82) is 0 Å². The van der Waals surface area contributed by atoms with Gasteiger partial charge in [-0.1, -0.05) is 0 Å². The van der Waals surface area contributed by atoms with Crippen LogP contribution in [0.3, 0.4) is 0 Å². The number of aromatic nitrogens is 2. The molecule has 2 aliphatic heterocycles. The summed E-state index contributed by atoms with van der Waals surface area (Å²) in [5.41, 5.74) is 0.523. The molecule has 1 atom stereocenters. The van der Waals surface area contributed by atoms with E-state index in [1.807, 2.05) is 19.0 Å². The summed E-state index contributed by atoms with van der Waals surface area (Å²) in [5.74, 6) is 0.611. The molecule has 2 fully saturated rings. The van der Waals surface area contributed by atoms with E-state index in [9.17, 15) is 18.0 Å². The summed E-state index contributed by atoms with van der Waals surface area (Å²) >= 11 is 0. The maximum absolute atomic E-state index is 12.9. The minimum absolute atomic E-state index is 0.0468. The molecular weight excluding hydrogens is 382 g/mol. The van der Waals surface area contributed by atoms with Crippen LogP contribution in [0.1, 0.15) is 37.8 Å². The second-order valence-corrected chi connectivity index (χ2v) is 9.99. The van der Waals surface area contributed by atoms with Crippen LogP contribution in [0.5, 0.6) is 0 Å². The number of rotatable bonds is 5. The third-order valence-corrected chi connectivity index (χ3v) is 7.53. The Bertz CT molecular complexity index is 874. The number of piperidine rings is 1. The Morgan fingerprint density at radius 3 is 2.54 bits per heavy atom. The molecular formula is C18H29N5O4S. The fourth-order valence-electron chi connectivity index (χ4n) is 3.91. The van der Waals surface area contributed by atoms with Crippen LogP contribution >= 0.6 is 0 Å². The fraction of sp³-hybridized carbons (Fsp3) is 0.722. The van der Waals surface area contributed by atoms with Crippen molar-refractivity contribution in [3.63, 3.8) is 0 Å². The van der Waals surface area contributed by atoms with Crippen molar-refractivity contribution in [3.8, 4) is 0 Å². The lowest BCUT2D eigenvalue weighted by molar-refractivity contribution is -0.135. The molecule has 0 spiro atoms. The first-order chi connectivity index (χ1) is 13.2. The summed E-state index contributed by atoms with van der Waals surface area (Å²) in [6.45, 7) is 3.65. The second-order valence-electron chi connectivity index (χ2n) is 7.73. The normalized spacial score (nSPS) is 21.8. The quantitative estimate of drug-likeness (QED) is 0.743. The van der Waals surface area contributed by atoms with Crippen molar-refractivity contribution >= 4 is 21.9 Å². The van der Waals surface area contributed by atoms with Crippen LogP contribution in [-0.4, -0.2) is 79.5 Å². The highest BCUT2D eigenvalue weighted by molar-refractivity contribution is 7.89. The van der Waals surface area contributed by atoms with Gasteiger partial charge >= 0.3 is 0 Å². The summed E-state index contributed by atoms with van der Waals surface area (Å²) < 4.78 is 25.5. The first-order valence-electron chi connectivity index (χ1n) is 9.76. The van der Waals surface area contributed by atoms with Gasteiger partial charge in [0.05, 0.1) is 11.4 Å². The van der Waals surface area contributed by atoms with Gasteiger partial charge in [-0.2, -0.15) is 0 Å². The molecule has 0 radical (unpaired) electrons. The average molecular weight is 412 g/mol. The number of H-pyrrole nitrogens is 1. The van der Waals surface area contributed by atoms with Gasteiger partial charge in [0.15, 0.2) is 0 Å². The number of anilines is 1. The van der Waals surface area contributed by atoms with E-state index in [1.54, 1.807) is 11.8 Å². The Hall–Kier alpha value is -1.94. The average Bonchev–Trinajstić information content (AvgIpc) is 3.17. The molecule has 1 aromatic heterocycles. The molecule has 3 heterocycles. The minimum atomic E-state index is -3.19. The lowest BCUT2D eigenvalue weighted by Gasteiger charge is -2.32. The van der Waals surface area contributed by atoms with Gasteiger partial charge in [-0.25, -0.2) is 17.7 Å². The summed E-state index contributed by atoms with van der Waals surface area (Å²) in [7, 11) is 0.448. The first kappa shape index (κ1) is 20.8. The predicted molar refractivity (Wildman–Crippen MR) is 107 cm³/mol. The topological polar surface area (TPSA) is 107 Å². The van der Waals surface area contributed by atoms with Crippen LogP contribution in [0.15, 0.2) is 10.9 Å². The third kappa shape index (κ3) is 4.38. The molecule has 2 aliphatic rings. The number of carbonyl (C=O) groups excluding carboxylic acids is 1. The van der Waals surface area contributed by atoms with Gasteiger partial charge in [-0.15, -0.1) is 0 Å². The van der Waals surface area contributed by atoms with Crippen molar-refractivity contribution in [2.45, 2.75) is 32.1 Å². The lowest BCUT2D eigenvalue weighted by atomic mass is 9.96. The van der Waals surface area contributed by atoms with Crippen LogP contribution in [0.2, 0.25) is 0 Å². The molecule has 0 bridgehead atoms. The molecule has 2 saturated heterocycles. The summed E-state index contributed by atoms with van der Waals surface area (Å²) in [6, 6.07) is 1.51. The maximum Gasteiger partial charge on any atom is 0.252 e. The minimum Gasteiger partial charge on any atom is -0.348 e. The molecule has 0 unspecified atom stereocenters. The van der Waals surface area contributed by atoms with E-state index in [1.165, 1.54) is 10.4 Å². The highest BCUT2D eigenvalue weighted by atomic mass is 32.2. The van der Waals surface area contributed by atoms with Gasteiger partial charge in [0.1, 0.15) is 0 Å². The van der Waals surface area contributed by atoms with E-state index in [0.717, 1.165) is 6.42 Å². The first-order valence-corrected chi connectivity index (χ1v) is 11.4. The Morgan fingerprint density at radius 2 is 1.93 bits per heavy atom. The number of hydrogen-bond donors (Lipinski definition) is 1. The van der Waals surface area contributed by atoms with E-state index in [-0.39, 0.29) is 29.1 Å². The highest BCUT2D eigenvalue weighted by Gasteiger charge is 2.35. The van der Waals surface area contributed by atoms with Crippen molar-refractivity contribution in [1.82, 2.24) is 19.2 Å². The molecule has 0 aliphatic carbocycles. The van der Waals surface area contributed by atoms with E-state index in [4.69, 9.17) is 0 Å². The van der Waals surface area contributed by atoms with Gasteiger partial charge < -0.3 is 9.80 Å². The fourth-order valence-corrected chi connectivity index (χ4v) is 5.04. The number of likely N-dealkylation sites (tertiary alicyclic amines) is 1. The molecule has 3 rings (SSSR count). The van der Waals surface area contributed by atoms with Gasteiger partial charge in [0.2, 0.25) is 21.9 Å². The third-order valence-electron chi connectivity index (χ3n) is 5.65. The SMILES string of the molecule is CCS(=O)(=O)N1CCC(C(=O)N2CC[C@H](c3cc(=O)[nH]c(N(C)C)n3)C2)CC1. The van der Waals surface area contributed by atoms with Crippen LogP contribution < -0.4 is 10.5 Å². The molecule has 1 amide bonds. The molecule has 0 saturated carbocycles. The molecule has 1 aromatic rings. The maximum atomic E-state index is 12.9. The zero-order chi connectivity index (χ0) is 20.5. The van der Waals surface area contributed by atoms with Gasteiger partial charge in [0.25, 0.3) is 5.56 Å². The number of carbonyl (C=O) groups is 1. The Morgan fingerprint density at radius 1 is 1.25 bits per heavy atom. The van der Waals surface area contributed by atoms with Crippen molar-refractivity contribution in [2.24, 2.45) is 5.92 Å². The molecule has 156 valence electrons. The van der Waals surface area contributed by atoms with E-state index < -0.39 is 10.0 Å². The van der Waals surface area contributed by atoms with Crippen molar-refractivity contribution in [3.05, 3.63) is 22.1 Å². The zero-order valence-electron chi connectivity index (χ0n) is 16.7. The molecule has 10 heteroatoms. The lowest BCUT2D eigenvalue weighted by Crippen LogP contribution is -2.44. The van der Waals surface area contributed by atoms with Gasteiger partial charge in [0, 0.05) is 58.2 Å². The van der Waals surface area contributed by atoms with E-state index >= 15 is 0 Å². The Kier molecular flexibility index (Phi) is 6.09. The molecule has 1 N–H and O–H groups in total. The monoisotopic (exact) mass is 411 g/mol. The number of nitrogens with one attached hydrogen (secondary N) is 1. The predicted octanol–water partition coefficient (Wildman–Crippen LogP) is 0.214. The van der Waals surface area contributed by atoms with E-state index in [0.29, 0.717) is 50.7 Å². The van der Waals surface area contributed by atoms with Gasteiger partial charge in [-0.3, -0.25) is 14.6 Å². The van der Waals surface area contributed by atoms with E-state index in [2.05, 4.69) is 9.97 Å². The summed E-state index contributed by atoms with van der Waals surface area (Å²) in [5, 5.41) is 0. The van der Waals surface area contributed by atoms with Crippen LogP contribution in [0.25, 0.3) is 0 Å². The molecule has 0 aromatic carbocycles. The number of aromatic amines is 1. The molecule has 28 heavy (non-hydrogen) atoms. The Labute approximate surface area is 165 Å². The van der Waals surface area contributed by atoms with Crippen LogP contribution in [0, 0.1) is 5.92 Å². The zero-order valence-corrected chi connectivity index (χ0v) is 17.5. The van der Waals surface area contributed by atoms with Crippen molar-refractivity contribution in [2.75, 3.05) is 50.9 Å². The van der Waals surface area contributed by atoms with Crippen LogP contribution in [-0.2, 0) is 14.8 Å². The number of hydrogen-bond acceptors (Lipinski definition) is 6. The molecule has 9 nitrogen and oxygen atoms in total. The summed E-state index contributed by atoms with van der Waals surface area (Å²) in [6.07, 6.45) is 1.90. The number of nitrogens with zero attached hydrogens (tertiary/aromatic N) is 4.